The van der Waals surface area contributed by atoms with E-state index in [1.54, 1.807) is 42.7 Å². The van der Waals surface area contributed by atoms with Crippen LogP contribution in [0.2, 0.25) is 0 Å². The number of Topliss-reactive ketones (excluding diaryl/α,β-unsaturated/α-hetero) is 1. The highest BCUT2D eigenvalue weighted by Gasteiger charge is 2.24. The zero-order valence-electron chi connectivity index (χ0n) is 14.7. The summed E-state index contributed by atoms with van der Waals surface area (Å²) in [7, 11) is 1.55. The fourth-order valence-corrected chi connectivity index (χ4v) is 4.74. The Kier molecular flexibility index (Phi) is 4.32. The number of nitrogens with zero attached hydrogens (tertiary/aromatic N) is 3. The maximum Gasteiger partial charge on any atom is 0.279 e. The molecule has 1 unspecified atom stereocenters. The molecule has 1 aliphatic rings. The molecule has 0 spiro atoms. The topological polar surface area (TPSA) is 74.1 Å². The van der Waals surface area contributed by atoms with E-state index in [0.717, 1.165) is 24.8 Å². The molecule has 1 aromatic carbocycles. The van der Waals surface area contributed by atoms with Crippen LogP contribution in [0.25, 0.3) is 10.2 Å². The highest BCUT2D eigenvalue weighted by molar-refractivity contribution is 7.18. The number of methoxy groups -OCH3 is 1. The highest BCUT2D eigenvalue weighted by Crippen LogP contribution is 2.35. The first-order valence-electron chi connectivity index (χ1n) is 8.62. The van der Waals surface area contributed by atoms with E-state index in [9.17, 15) is 9.59 Å². The largest absolute Gasteiger partial charge is 0.497 e. The Hall–Kier alpha value is -2.54. The average Bonchev–Trinajstić information content (AvgIpc) is 3.02. The number of rotatable bonds is 4. The Morgan fingerprint density at radius 1 is 1.42 bits per heavy atom. The van der Waals surface area contributed by atoms with Crippen LogP contribution in [0.1, 0.15) is 34.1 Å². The predicted molar refractivity (Wildman–Crippen MR) is 100 cm³/mol. The van der Waals surface area contributed by atoms with Gasteiger partial charge in [-0.3, -0.25) is 9.59 Å². The first kappa shape index (κ1) is 16.9. The van der Waals surface area contributed by atoms with Crippen LogP contribution in [0.5, 0.6) is 5.75 Å². The van der Waals surface area contributed by atoms with Gasteiger partial charge in [0.05, 0.1) is 12.5 Å². The van der Waals surface area contributed by atoms with Crippen LogP contribution in [0.15, 0.2) is 29.1 Å². The van der Waals surface area contributed by atoms with E-state index < -0.39 is 0 Å². The van der Waals surface area contributed by atoms with E-state index in [0.29, 0.717) is 27.4 Å². The minimum atomic E-state index is -0.224. The summed E-state index contributed by atoms with van der Waals surface area (Å²) in [5.74, 6) is 1.03. The third kappa shape index (κ3) is 2.92. The second-order valence-corrected chi connectivity index (χ2v) is 7.82. The Morgan fingerprint density at radius 2 is 2.27 bits per heavy atom. The Labute approximate surface area is 154 Å². The van der Waals surface area contributed by atoms with Crippen LogP contribution >= 0.6 is 11.3 Å². The summed E-state index contributed by atoms with van der Waals surface area (Å²) in [6, 6.07) is 6.89. The SMILES string of the molecule is COc1cccc(C(=O)Cn2nnc3sc4c(c3c2=O)CCC(C)C4)c1. The average molecular weight is 369 g/mol. The number of benzene rings is 1. The van der Waals surface area contributed by atoms with E-state index in [-0.39, 0.29) is 17.9 Å². The molecule has 0 saturated heterocycles. The zero-order chi connectivity index (χ0) is 18.3. The van der Waals surface area contributed by atoms with Crippen LogP contribution in [0, 0.1) is 5.92 Å². The second-order valence-electron chi connectivity index (χ2n) is 6.74. The monoisotopic (exact) mass is 369 g/mol. The van der Waals surface area contributed by atoms with Gasteiger partial charge in [-0.25, -0.2) is 4.68 Å². The van der Waals surface area contributed by atoms with Crippen molar-refractivity contribution in [3.8, 4) is 5.75 Å². The number of fused-ring (bicyclic) bond motifs is 3. The molecule has 0 saturated carbocycles. The summed E-state index contributed by atoms with van der Waals surface area (Å²) in [5.41, 5.74) is 1.36. The summed E-state index contributed by atoms with van der Waals surface area (Å²) >= 11 is 1.56. The number of carbonyl (C=O) groups is 1. The maximum absolute atomic E-state index is 12.9. The molecule has 4 rings (SSSR count). The van der Waals surface area contributed by atoms with Gasteiger partial charge >= 0.3 is 0 Å². The van der Waals surface area contributed by atoms with Crippen LogP contribution in [0.4, 0.5) is 0 Å². The molecule has 0 radical (unpaired) electrons. The Bertz CT molecular complexity index is 1050. The molecular weight excluding hydrogens is 350 g/mol. The molecule has 6 nitrogen and oxygen atoms in total. The summed E-state index contributed by atoms with van der Waals surface area (Å²) in [5, 5.41) is 8.84. The molecule has 0 amide bonds. The summed E-state index contributed by atoms with van der Waals surface area (Å²) in [4.78, 5) is 27.4. The van der Waals surface area contributed by atoms with Crippen molar-refractivity contribution in [3.63, 3.8) is 0 Å². The standard InChI is InChI=1S/C19H19N3O3S/c1-11-6-7-14-16(8-11)26-18-17(14)19(24)22(21-20-18)10-15(23)12-4-3-5-13(9-12)25-2/h3-5,9,11H,6-8,10H2,1-2H3. The molecule has 0 bridgehead atoms. The maximum atomic E-state index is 12.9. The lowest BCUT2D eigenvalue weighted by Gasteiger charge is -2.17. The number of thiophene rings is 1. The van der Waals surface area contributed by atoms with Crippen molar-refractivity contribution in [2.75, 3.05) is 7.11 Å². The highest BCUT2D eigenvalue weighted by atomic mass is 32.1. The third-order valence-corrected chi connectivity index (χ3v) is 6.01. The Balaban J connectivity index is 1.70. The van der Waals surface area contributed by atoms with Crippen molar-refractivity contribution in [1.29, 1.82) is 0 Å². The zero-order valence-corrected chi connectivity index (χ0v) is 15.5. The van der Waals surface area contributed by atoms with Gasteiger partial charge in [-0.15, -0.1) is 16.4 Å². The number of hydrogen-bond donors (Lipinski definition) is 0. The summed E-state index contributed by atoms with van der Waals surface area (Å²) < 4.78 is 6.33. The molecule has 0 aliphatic heterocycles. The molecule has 1 atom stereocenters. The van der Waals surface area contributed by atoms with Crippen LogP contribution < -0.4 is 10.3 Å². The van der Waals surface area contributed by atoms with Crippen molar-refractivity contribution >= 4 is 27.3 Å². The van der Waals surface area contributed by atoms with Crippen molar-refractivity contribution in [2.45, 2.75) is 32.7 Å². The molecule has 7 heteroatoms. The van der Waals surface area contributed by atoms with Crippen LogP contribution in [0.3, 0.4) is 0 Å². The molecule has 2 aromatic heterocycles. The molecule has 2 heterocycles. The molecule has 26 heavy (non-hydrogen) atoms. The molecule has 0 fully saturated rings. The first-order chi connectivity index (χ1) is 12.6. The minimum absolute atomic E-state index is 0.129. The van der Waals surface area contributed by atoms with Gasteiger partial charge < -0.3 is 4.74 Å². The smallest absolute Gasteiger partial charge is 0.279 e. The fraction of sp³-hybridized carbons (Fsp3) is 0.368. The van der Waals surface area contributed by atoms with Gasteiger partial charge in [0, 0.05) is 10.4 Å². The number of ether oxygens (including phenoxy) is 1. The van der Waals surface area contributed by atoms with Gasteiger partial charge in [-0.1, -0.05) is 24.3 Å². The van der Waals surface area contributed by atoms with Crippen molar-refractivity contribution < 1.29 is 9.53 Å². The van der Waals surface area contributed by atoms with Crippen LogP contribution in [-0.2, 0) is 19.4 Å². The number of carbonyl (C=O) groups excluding carboxylic acids is 1. The molecular formula is C19H19N3O3S. The van der Waals surface area contributed by atoms with Crippen LogP contribution in [-0.4, -0.2) is 27.9 Å². The quantitative estimate of drug-likeness (QED) is 0.661. The number of aryl methyl sites for hydroxylation is 1. The second kappa shape index (κ2) is 6.64. The van der Waals surface area contributed by atoms with Gasteiger partial charge in [-0.2, -0.15) is 0 Å². The van der Waals surface area contributed by atoms with Gasteiger partial charge in [0.2, 0.25) is 0 Å². The number of ketones is 1. The van der Waals surface area contributed by atoms with Gasteiger partial charge in [-0.05, 0) is 42.9 Å². The molecule has 134 valence electrons. The molecule has 0 N–H and O–H groups in total. The lowest BCUT2D eigenvalue weighted by Crippen LogP contribution is -2.28. The van der Waals surface area contributed by atoms with Gasteiger partial charge in [0.1, 0.15) is 12.3 Å². The predicted octanol–water partition coefficient (Wildman–Crippen LogP) is 2.87. The molecule has 1 aliphatic carbocycles. The Morgan fingerprint density at radius 3 is 3.08 bits per heavy atom. The van der Waals surface area contributed by atoms with Crippen molar-refractivity contribution in [1.82, 2.24) is 15.0 Å². The normalized spacial score (nSPS) is 16.5. The van der Waals surface area contributed by atoms with Crippen molar-refractivity contribution in [3.05, 3.63) is 50.6 Å². The van der Waals surface area contributed by atoms with E-state index in [1.165, 1.54) is 9.56 Å². The van der Waals surface area contributed by atoms with Gasteiger partial charge in [0.15, 0.2) is 10.6 Å². The van der Waals surface area contributed by atoms with E-state index in [4.69, 9.17) is 4.74 Å². The summed E-state index contributed by atoms with van der Waals surface area (Å²) in [6.07, 6.45) is 2.95. The minimum Gasteiger partial charge on any atom is -0.497 e. The molecule has 3 aromatic rings. The van der Waals surface area contributed by atoms with E-state index in [1.807, 2.05) is 0 Å². The lowest BCUT2D eigenvalue weighted by atomic mass is 9.89. The van der Waals surface area contributed by atoms with Gasteiger partial charge in [0.25, 0.3) is 5.56 Å². The summed E-state index contributed by atoms with van der Waals surface area (Å²) in [6.45, 7) is 2.10. The lowest BCUT2D eigenvalue weighted by molar-refractivity contribution is 0.0964. The van der Waals surface area contributed by atoms with E-state index in [2.05, 4.69) is 17.2 Å². The number of hydrogen-bond acceptors (Lipinski definition) is 6. The number of aromatic nitrogens is 3. The fourth-order valence-electron chi connectivity index (χ4n) is 3.42. The first-order valence-corrected chi connectivity index (χ1v) is 9.43. The van der Waals surface area contributed by atoms with Crippen molar-refractivity contribution in [2.24, 2.45) is 5.92 Å². The third-order valence-electron chi connectivity index (χ3n) is 4.87. The van der Waals surface area contributed by atoms with E-state index >= 15 is 0 Å².